The van der Waals surface area contributed by atoms with Crippen LogP contribution in [0.15, 0.2) is 18.3 Å². The smallest absolute Gasteiger partial charge is 0.259 e. The number of ether oxygens (including phenoxy) is 1. The van der Waals surface area contributed by atoms with Crippen molar-refractivity contribution in [3.05, 3.63) is 23.9 Å². The number of carbonyl (C=O) groups excluding carboxylic acids is 1. The Bertz CT molecular complexity index is 454. The highest BCUT2D eigenvalue weighted by Gasteiger charge is 2.24. The third kappa shape index (κ3) is 3.48. The standard InChI is InChI=1S/C15H23N3O2/c1-12(2)11-17-7-9-18(10-8-17)15(19)13-5-4-6-16-14(13)20-3/h4-6,12H,7-11H2,1-3H3. The quantitative estimate of drug-likeness (QED) is 0.837. The summed E-state index contributed by atoms with van der Waals surface area (Å²) in [4.78, 5) is 20.9. The van der Waals surface area contributed by atoms with Gasteiger partial charge in [-0.3, -0.25) is 9.69 Å². The number of piperazine rings is 1. The molecule has 5 nitrogen and oxygen atoms in total. The summed E-state index contributed by atoms with van der Waals surface area (Å²) in [6.45, 7) is 8.94. The van der Waals surface area contributed by atoms with Gasteiger partial charge >= 0.3 is 0 Å². The van der Waals surface area contributed by atoms with Gasteiger partial charge in [0.1, 0.15) is 5.56 Å². The average molecular weight is 277 g/mol. The predicted octanol–water partition coefficient (Wildman–Crippen LogP) is 1.50. The van der Waals surface area contributed by atoms with Gasteiger partial charge in [0.25, 0.3) is 5.91 Å². The van der Waals surface area contributed by atoms with Crippen molar-refractivity contribution in [1.82, 2.24) is 14.8 Å². The fourth-order valence-electron chi connectivity index (χ4n) is 2.54. The van der Waals surface area contributed by atoms with Crippen molar-refractivity contribution in [1.29, 1.82) is 0 Å². The number of aromatic nitrogens is 1. The van der Waals surface area contributed by atoms with Crippen molar-refractivity contribution in [2.45, 2.75) is 13.8 Å². The first kappa shape index (κ1) is 14.8. The lowest BCUT2D eigenvalue weighted by Gasteiger charge is -2.35. The van der Waals surface area contributed by atoms with Gasteiger partial charge in [-0.2, -0.15) is 0 Å². The van der Waals surface area contributed by atoms with Gasteiger partial charge in [-0.15, -0.1) is 0 Å². The highest BCUT2D eigenvalue weighted by Crippen LogP contribution is 2.17. The van der Waals surface area contributed by atoms with Crippen LogP contribution in [-0.4, -0.2) is 60.5 Å². The third-order valence-electron chi connectivity index (χ3n) is 3.48. The Hall–Kier alpha value is -1.62. The van der Waals surface area contributed by atoms with Gasteiger partial charge in [0, 0.05) is 38.9 Å². The van der Waals surface area contributed by atoms with E-state index in [1.165, 1.54) is 0 Å². The Morgan fingerprint density at radius 3 is 2.65 bits per heavy atom. The number of pyridine rings is 1. The molecule has 1 aromatic rings. The lowest BCUT2D eigenvalue weighted by Crippen LogP contribution is -2.49. The Kier molecular flexibility index (Phi) is 4.95. The number of amides is 1. The topological polar surface area (TPSA) is 45.7 Å². The first-order chi connectivity index (χ1) is 9.61. The molecule has 1 saturated heterocycles. The van der Waals surface area contributed by atoms with Crippen LogP contribution in [0.1, 0.15) is 24.2 Å². The number of hydrogen-bond acceptors (Lipinski definition) is 4. The lowest BCUT2D eigenvalue weighted by molar-refractivity contribution is 0.0620. The third-order valence-corrected chi connectivity index (χ3v) is 3.48. The first-order valence-corrected chi connectivity index (χ1v) is 7.12. The van der Waals surface area contributed by atoms with Crippen LogP contribution >= 0.6 is 0 Å². The fraction of sp³-hybridized carbons (Fsp3) is 0.600. The predicted molar refractivity (Wildman–Crippen MR) is 78.0 cm³/mol. The summed E-state index contributed by atoms with van der Waals surface area (Å²) in [6.07, 6.45) is 1.64. The van der Waals surface area contributed by atoms with Crippen molar-refractivity contribution >= 4 is 5.91 Å². The van der Waals surface area contributed by atoms with Crippen molar-refractivity contribution < 1.29 is 9.53 Å². The molecule has 0 aliphatic carbocycles. The minimum atomic E-state index is 0.0131. The van der Waals surface area contributed by atoms with E-state index in [1.54, 1.807) is 25.4 Å². The first-order valence-electron chi connectivity index (χ1n) is 7.12. The number of hydrogen-bond donors (Lipinski definition) is 0. The van der Waals surface area contributed by atoms with Crippen LogP contribution in [0.2, 0.25) is 0 Å². The lowest BCUT2D eigenvalue weighted by atomic mass is 10.1. The van der Waals surface area contributed by atoms with E-state index in [0.717, 1.165) is 32.7 Å². The maximum atomic E-state index is 12.5. The Balaban J connectivity index is 1.98. The number of methoxy groups -OCH3 is 1. The molecule has 0 bridgehead atoms. The molecular weight excluding hydrogens is 254 g/mol. The van der Waals surface area contributed by atoms with Gasteiger partial charge in [-0.25, -0.2) is 4.98 Å². The van der Waals surface area contributed by atoms with Gasteiger partial charge < -0.3 is 9.64 Å². The van der Waals surface area contributed by atoms with E-state index in [2.05, 4.69) is 23.7 Å². The van der Waals surface area contributed by atoms with Crippen molar-refractivity contribution in [3.63, 3.8) is 0 Å². The van der Waals surface area contributed by atoms with Crippen LogP contribution in [0.25, 0.3) is 0 Å². The maximum absolute atomic E-state index is 12.5. The molecule has 1 amide bonds. The minimum Gasteiger partial charge on any atom is -0.480 e. The molecule has 1 aromatic heterocycles. The number of rotatable bonds is 4. The molecule has 20 heavy (non-hydrogen) atoms. The Morgan fingerprint density at radius 2 is 2.05 bits per heavy atom. The van der Waals surface area contributed by atoms with Gasteiger partial charge in [-0.1, -0.05) is 13.8 Å². The SMILES string of the molecule is COc1ncccc1C(=O)N1CCN(CC(C)C)CC1. The van der Waals surface area contributed by atoms with E-state index in [0.29, 0.717) is 17.4 Å². The highest BCUT2D eigenvalue weighted by molar-refractivity contribution is 5.96. The Labute approximate surface area is 120 Å². The van der Waals surface area contributed by atoms with Crippen LogP contribution in [-0.2, 0) is 0 Å². The van der Waals surface area contributed by atoms with Gasteiger partial charge in [0.05, 0.1) is 7.11 Å². The molecule has 0 aromatic carbocycles. The van der Waals surface area contributed by atoms with Gasteiger partial charge in [0.2, 0.25) is 5.88 Å². The number of carbonyl (C=O) groups is 1. The summed E-state index contributed by atoms with van der Waals surface area (Å²) < 4.78 is 5.16. The number of nitrogens with zero attached hydrogens (tertiary/aromatic N) is 3. The molecule has 1 aliphatic heterocycles. The molecule has 2 rings (SSSR count). The zero-order chi connectivity index (χ0) is 14.5. The van der Waals surface area contributed by atoms with E-state index < -0.39 is 0 Å². The summed E-state index contributed by atoms with van der Waals surface area (Å²) in [5.41, 5.74) is 0.548. The second-order valence-electron chi connectivity index (χ2n) is 5.55. The molecule has 0 unspecified atom stereocenters. The fourth-order valence-corrected chi connectivity index (χ4v) is 2.54. The molecule has 110 valence electrons. The van der Waals surface area contributed by atoms with Gasteiger partial charge in [-0.05, 0) is 18.1 Å². The molecule has 1 fully saturated rings. The maximum Gasteiger partial charge on any atom is 0.259 e. The zero-order valence-corrected chi connectivity index (χ0v) is 12.5. The molecule has 0 spiro atoms. The molecule has 0 saturated carbocycles. The van der Waals surface area contributed by atoms with Crippen LogP contribution in [0.5, 0.6) is 5.88 Å². The van der Waals surface area contributed by atoms with Crippen LogP contribution in [0.3, 0.4) is 0 Å². The second kappa shape index (κ2) is 6.70. The molecule has 0 atom stereocenters. The molecule has 0 N–H and O–H groups in total. The second-order valence-corrected chi connectivity index (χ2v) is 5.55. The van der Waals surface area contributed by atoms with Crippen molar-refractivity contribution in [2.75, 3.05) is 39.8 Å². The van der Waals surface area contributed by atoms with Crippen molar-refractivity contribution in [3.8, 4) is 5.88 Å². The van der Waals surface area contributed by atoms with E-state index in [-0.39, 0.29) is 5.91 Å². The molecule has 1 aliphatic rings. The van der Waals surface area contributed by atoms with Gasteiger partial charge in [0.15, 0.2) is 0 Å². The minimum absolute atomic E-state index is 0.0131. The Morgan fingerprint density at radius 1 is 1.35 bits per heavy atom. The summed E-state index contributed by atoms with van der Waals surface area (Å²) in [5, 5.41) is 0. The van der Waals surface area contributed by atoms with Crippen LogP contribution in [0.4, 0.5) is 0 Å². The molecular formula is C15H23N3O2. The largest absolute Gasteiger partial charge is 0.480 e. The zero-order valence-electron chi connectivity index (χ0n) is 12.5. The molecule has 2 heterocycles. The summed E-state index contributed by atoms with van der Waals surface area (Å²) in [5.74, 6) is 1.08. The van der Waals surface area contributed by atoms with E-state index in [9.17, 15) is 4.79 Å². The van der Waals surface area contributed by atoms with Crippen LogP contribution < -0.4 is 4.74 Å². The van der Waals surface area contributed by atoms with Crippen molar-refractivity contribution in [2.24, 2.45) is 5.92 Å². The average Bonchev–Trinajstić information content (AvgIpc) is 2.46. The summed E-state index contributed by atoms with van der Waals surface area (Å²) in [6, 6.07) is 3.54. The van der Waals surface area contributed by atoms with Crippen LogP contribution in [0, 0.1) is 5.92 Å². The summed E-state index contributed by atoms with van der Waals surface area (Å²) >= 11 is 0. The highest BCUT2D eigenvalue weighted by atomic mass is 16.5. The molecule has 0 radical (unpaired) electrons. The normalized spacial score (nSPS) is 16.5. The molecule has 5 heteroatoms. The van der Waals surface area contributed by atoms with E-state index >= 15 is 0 Å². The summed E-state index contributed by atoms with van der Waals surface area (Å²) in [7, 11) is 1.54. The monoisotopic (exact) mass is 277 g/mol. The van der Waals surface area contributed by atoms with E-state index in [4.69, 9.17) is 4.74 Å². The van der Waals surface area contributed by atoms with E-state index in [1.807, 2.05) is 4.90 Å².